The van der Waals surface area contributed by atoms with Crippen molar-refractivity contribution < 1.29 is 13.5 Å². The molecule has 0 saturated carbocycles. The van der Waals surface area contributed by atoms with E-state index in [1.165, 1.54) is 11.9 Å². The molecule has 3 rings (SSSR count). The highest BCUT2D eigenvalue weighted by Gasteiger charge is 2.08. The summed E-state index contributed by atoms with van der Waals surface area (Å²) in [5.74, 6) is 0.605. The lowest BCUT2D eigenvalue weighted by molar-refractivity contribution is 0.288. The smallest absolute Gasteiger partial charge is 0.229 e. The van der Waals surface area contributed by atoms with E-state index in [2.05, 4.69) is 20.0 Å². The van der Waals surface area contributed by atoms with Crippen LogP contribution in [0.1, 0.15) is 17.5 Å². The van der Waals surface area contributed by atoms with Crippen LogP contribution >= 0.6 is 0 Å². The molecule has 0 fully saturated rings. The first-order valence-corrected chi connectivity index (χ1v) is 11.1. The molecule has 0 atom stereocenters. The van der Waals surface area contributed by atoms with Gasteiger partial charge in [-0.1, -0.05) is 30.3 Å². The summed E-state index contributed by atoms with van der Waals surface area (Å²) in [5.41, 5.74) is 4.96. The molecular weight excluding hydrogens is 388 g/mol. The van der Waals surface area contributed by atoms with E-state index in [1.54, 1.807) is 6.07 Å². The number of hydrogen-bond acceptors (Lipinski definition) is 6. The van der Waals surface area contributed by atoms with Gasteiger partial charge in [-0.25, -0.2) is 18.4 Å². The molecule has 1 aromatic heterocycles. The minimum atomic E-state index is -3.36. The predicted octanol–water partition coefficient (Wildman–Crippen LogP) is 3.49. The van der Waals surface area contributed by atoms with Gasteiger partial charge in [0.25, 0.3) is 0 Å². The molecule has 0 amide bonds. The number of anilines is 3. The second-order valence-electron chi connectivity index (χ2n) is 6.84. The first kappa shape index (κ1) is 20.8. The van der Waals surface area contributed by atoms with Gasteiger partial charge in [-0.3, -0.25) is 4.72 Å². The molecule has 8 heteroatoms. The summed E-state index contributed by atoms with van der Waals surface area (Å²) in [4.78, 5) is 8.60. The van der Waals surface area contributed by atoms with Crippen LogP contribution in [0.15, 0.2) is 54.9 Å². The Hall–Kier alpha value is -2.97. The standard InChI is InChI=1S/C21H24N4O3S/c1-15-5-10-18(12-19(15)25-29(2,27)28)24-21-13-20(22-14-23-21)17-8-6-16(7-9-17)4-3-11-26/h5-10,12-14,25-26H,3-4,11H2,1-2H3,(H,22,23,24). The maximum Gasteiger partial charge on any atom is 0.229 e. The summed E-state index contributed by atoms with van der Waals surface area (Å²) in [6.07, 6.45) is 4.19. The van der Waals surface area contributed by atoms with Crippen molar-refractivity contribution in [2.75, 3.05) is 22.9 Å². The summed E-state index contributed by atoms with van der Waals surface area (Å²) in [6, 6.07) is 15.3. The van der Waals surface area contributed by atoms with Crippen molar-refractivity contribution in [3.63, 3.8) is 0 Å². The Morgan fingerprint density at radius 2 is 1.79 bits per heavy atom. The fraction of sp³-hybridized carbons (Fsp3) is 0.238. The van der Waals surface area contributed by atoms with Crippen molar-refractivity contribution in [2.24, 2.45) is 0 Å². The summed E-state index contributed by atoms with van der Waals surface area (Å²) in [5, 5.41) is 12.1. The lowest BCUT2D eigenvalue weighted by Crippen LogP contribution is -2.10. The number of rotatable bonds is 8. The van der Waals surface area contributed by atoms with Gasteiger partial charge in [0, 0.05) is 23.9 Å². The molecule has 0 aliphatic carbocycles. The van der Waals surface area contributed by atoms with Gasteiger partial charge in [-0.05, 0) is 43.0 Å². The van der Waals surface area contributed by atoms with Crippen molar-refractivity contribution in [3.8, 4) is 11.3 Å². The van der Waals surface area contributed by atoms with Crippen LogP contribution in [-0.4, -0.2) is 36.4 Å². The second kappa shape index (κ2) is 9.02. The average molecular weight is 413 g/mol. The monoisotopic (exact) mass is 412 g/mol. The Morgan fingerprint density at radius 1 is 1.03 bits per heavy atom. The number of benzene rings is 2. The first-order chi connectivity index (χ1) is 13.8. The molecule has 152 valence electrons. The van der Waals surface area contributed by atoms with E-state index >= 15 is 0 Å². The van der Waals surface area contributed by atoms with E-state index in [9.17, 15) is 8.42 Å². The Balaban J connectivity index is 1.79. The van der Waals surface area contributed by atoms with Crippen molar-refractivity contribution >= 4 is 27.2 Å². The molecule has 0 bridgehead atoms. The Kier molecular flexibility index (Phi) is 6.46. The Bertz CT molecular complexity index is 1080. The molecule has 1 heterocycles. The van der Waals surface area contributed by atoms with Crippen molar-refractivity contribution in [1.82, 2.24) is 9.97 Å². The lowest BCUT2D eigenvalue weighted by atomic mass is 10.1. The average Bonchev–Trinajstić information content (AvgIpc) is 2.68. The SMILES string of the molecule is Cc1ccc(Nc2cc(-c3ccc(CCCO)cc3)ncn2)cc1NS(C)(=O)=O. The van der Waals surface area contributed by atoms with Crippen LogP contribution < -0.4 is 10.0 Å². The molecule has 7 nitrogen and oxygen atoms in total. The number of sulfonamides is 1. The van der Waals surface area contributed by atoms with E-state index in [0.29, 0.717) is 17.2 Å². The van der Waals surface area contributed by atoms with Crippen LogP contribution in [0.2, 0.25) is 0 Å². The summed E-state index contributed by atoms with van der Waals surface area (Å²) in [7, 11) is -3.36. The third-order valence-corrected chi connectivity index (χ3v) is 4.94. The molecule has 0 aliphatic heterocycles. The normalized spacial score (nSPS) is 11.3. The maximum atomic E-state index is 11.5. The molecule has 0 radical (unpaired) electrons. The van der Waals surface area contributed by atoms with Crippen molar-refractivity contribution in [2.45, 2.75) is 19.8 Å². The second-order valence-corrected chi connectivity index (χ2v) is 8.59. The highest BCUT2D eigenvalue weighted by atomic mass is 32.2. The van der Waals surface area contributed by atoms with Crippen LogP contribution in [-0.2, 0) is 16.4 Å². The fourth-order valence-corrected chi connectivity index (χ4v) is 3.49. The molecule has 3 N–H and O–H groups in total. The number of hydrogen-bond donors (Lipinski definition) is 3. The minimum absolute atomic E-state index is 0.184. The Labute approximate surface area is 170 Å². The van der Waals surface area contributed by atoms with E-state index < -0.39 is 10.0 Å². The van der Waals surface area contributed by atoms with Gasteiger partial charge in [0.05, 0.1) is 17.6 Å². The summed E-state index contributed by atoms with van der Waals surface area (Å²) >= 11 is 0. The van der Waals surface area contributed by atoms with E-state index in [1.807, 2.05) is 49.4 Å². The number of aliphatic hydroxyl groups is 1. The molecule has 3 aromatic rings. The number of nitrogens with zero attached hydrogens (tertiary/aromatic N) is 2. The molecule has 0 unspecified atom stereocenters. The maximum absolute atomic E-state index is 11.5. The Morgan fingerprint density at radius 3 is 2.48 bits per heavy atom. The molecule has 2 aromatic carbocycles. The highest BCUT2D eigenvalue weighted by Crippen LogP contribution is 2.25. The third kappa shape index (κ3) is 6.00. The molecule has 29 heavy (non-hydrogen) atoms. The van der Waals surface area contributed by atoms with E-state index in [-0.39, 0.29) is 6.61 Å². The third-order valence-electron chi connectivity index (χ3n) is 4.35. The van der Waals surface area contributed by atoms with Crippen molar-refractivity contribution in [3.05, 3.63) is 66.0 Å². The minimum Gasteiger partial charge on any atom is -0.396 e. The van der Waals surface area contributed by atoms with Gasteiger partial charge in [-0.15, -0.1) is 0 Å². The van der Waals surface area contributed by atoms with Crippen LogP contribution in [0.3, 0.4) is 0 Å². The number of aromatic nitrogens is 2. The highest BCUT2D eigenvalue weighted by molar-refractivity contribution is 7.92. The lowest BCUT2D eigenvalue weighted by Gasteiger charge is -2.12. The summed E-state index contributed by atoms with van der Waals surface area (Å²) < 4.78 is 25.6. The summed E-state index contributed by atoms with van der Waals surface area (Å²) in [6.45, 7) is 2.02. The zero-order chi connectivity index (χ0) is 20.9. The van der Waals surface area contributed by atoms with Gasteiger partial charge < -0.3 is 10.4 Å². The van der Waals surface area contributed by atoms with Crippen molar-refractivity contribution in [1.29, 1.82) is 0 Å². The van der Waals surface area contributed by atoms with Gasteiger partial charge in [0.1, 0.15) is 12.1 Å². The van der Waals surface area contributed by atoms with E-state index in [4.69, 9.17) is 5.11 Å². The van der Waals surface area contributed by atoms with E-state index in [0.717, 1.165) is 35.9 Å². The van der Waals surface area contributed by atoms with Crippen LogP contribution in [0, 0.1) is 6.92 Å². The fourth-order valence-electron chi connectivity index (χ4n) is 2.87. The van der Waals surface area contributed by atoms with Crippen LogP contribution in [0.25, 0.3) is 11.3 Å². The molecule has 0 spiro atoms. The molecule has 0 saturated heterocycles. The van der Waals surface area contributed by atoms with Gasteiger partial charge in [0.2, 0.25) is 10.0 Å². The number of aliphatic hydroxyl groups excluding tert-OH is 1. The van der Waals surface area contributed by atoms with Crippen LogP contribution in [0.4, 0.5) is 17.2 Å². The first-order valence-electron chi connectivity index (χ1n) is 9.22. The number of aryl methyl sites for hydroxylation is 2. The van der Waals surface area contributed by atoms with Crippen LogP contribution in [0.5, 0.6) is 0 Å². The molecule has 0 aliphatic rings. The van der Waals surface area contributed by atoms with Gasteiger partial charge in [0.15, 0.2) is 0 Å². The topological polar surface area (TPSA) is 104 Å². The predicted molar refractivity (Wildman–Crippen MR) is 116 cm³/mol. The zero-order valence-electron chi connectivity index (χ0n) is 16.4. The van der Waals surface area contributed by atoms with Gasteiger partial charge in [-0.2, -0.15) is 0 Å². The number of nitrogens with one attached hydrogen (secondary N) is 2. The quantitative estimate of drug-likeness (QED) is 0.523. The zero-order valence-corrected chi connectivity index (χ0v) is 17.2. The molecular formula is C21H24N4O3S. The largest absolute Gasteiger partial charge is 0.396 e. The van der Waals surface area contributed by atoms with Gasteiger partial charge >= 0.3 is 0 Å².